The molecule has 17 heavy (non-hydrogen) atoms. The van der Waals surface area contributed by atoms with E-state index in [2.05, 4.69) is 38.3 Å². The van der Waals surface area contributed by atoms with Crippen molar-refractivity contribution in [3.05, 3.63) is 0 Å². The zero-order chi connectivity index (χ0) is 13.1. The molecule has 1 fully saturated rings. The molecule has 0 spiro atoms. The van der Waals surface area contributed by atoms with Gasteiger partial charge < -0.3 is 15.4 Å². The summed E-state index contributed by atoms with van der Waals surface area (Å²) < 4.78 is 4.92. The third-order valence-electron chi connectivity index (χ3n) is 3.03. The molecule has 0 aromatic heterocycles. The average molecular weight is 242 g/mol. The third kappa shape index (κ3) is 5.04. The monoisotopic (exact) mass is 242 g/mol. The molecular weight excluding hydrogens is 216 g/mol. The van der Waals surface area contributed by atoms with Gasteiger partial charge in [-0.15, -0.1) is 0 Å². The Morgan fingerprint density at radius 2 is 1.82 bits per heavy atom. The Kier molecular flexibility index (Phi) is 4.55. The first-order valence-electron chi connectivity index (χ1n) is 6.42. The van der Waals surface area contributed by atoms with E-state index in [1.807, 2.05) is 6.92 Å². The van der Waals surface area contributed by atoms with Gasteiger partial charge in [0.2, 0.25) is 0 Å². The molecule has 1 rings (SSSR count). The number of ether oxygens (including phenoxy) is 1. The molecule has 1 aliphatic rings. The first-order chi connectivity index (χ1) is 7.74. The smallest absolute Gasteiger partial charge is 0.319 e. The molecule has 0 aromatic rings. The molecule has 0 unspecified atom stereocenters. The van der Waals surface area contributed by atoms with Gasteiger partial charge in [-0.05, 0) is 47.5 Å². The fraction of sp³-hybridized carbons (Fsp3) is 0.923. The lowest BCUT2D eigenvalue weighted by molar-refractivity contribution is -0.142. The van der Waals surface area contributed by atoms with Crippen LogP contribution in [0, 0.1) is 0 Å². The van der Waals surface area contributed by atoms with Crippen molar-refractivity contribution in [2.75, 3.05) is 13.2 Å². The van der Waals surface area contributed by atoms with Gasteiger partial charge in [0.05, 0.1) is 13.2 Å². The number of piperidine rings is 1. The van der Waals surface area contributed by atoms with Gasteiger partial charge in [-0.2, -0.15) is 0 Å². The second-order valence-electron chi connectivity index (χ2n) is 6.18. The van der Waals surface area contributed by atoms with Gasteiger partial charge in [0.25, 0.3) is 0 Å². The molecular formula is C13H26N2O2. The second kappa shape index (κ2) is 5.36. The fourth-order valence-corrected chi connectivity index (χ4v) is 2.91. The van der Waals surface area contributed by atoms with Gasteiger partial charge in [-0.3, -0.25) is 4.79 Å². The van der Waals surface area contributed by atoms with E-state index in [9.17, 15) is 4.79 Å². The summed E-state index contributed by atoms with van der Waals surface area (Å²) in [6, 6.07) is 0.366. The molecule has 1 saturated heterocycles. The van der Waals surface area contributed by atoms with Crippen LogP contribution < -0.4 is 10.6 Å². The van der Waals surface area contributed by atoms with Crippen molar-refractivity contribution in [2.45, 2.75) is 64.6 Å². The molecule has 0 aliphatic carbocycles. The first kappa shape index (κ1) is 14.5. The lowest BCUT2D eigenvalue weighted by atomic mass is 9.79. The van der Waals surface area contributed by atoms with E-state index in [0.29, 0.717) is 19.2 Å². The molecule has 2 N–H and O–H groups in total. The molecule has 0 radical (unpaired) electrons. The zero-order valence-electron chi connectivity index (χ0n) is 11.7. The van der Waals surface area contributed by atoms with Crippen LogP contribution in [-0.2, 0) is 9.53 Å². The van der Waals surface area contributed by atoms with E-state index < -0.39 is 0 Å². The molecule has 4 heteroatoms. The second-order valence-corrected chi connectivity index (χ2v) is 6.18. The SMILES string of the molecule is CCOC(=O)CNC1CC(C)(C)NC(C)(C)C1. The first-order valence-corrected chi connectivity index (χ1v) is 6.42. The van der Waals surface area contributed by atoms with Crippen molar-refractivity contribution in [2.24, 2.45) is 0 Å². The largest absolute Gasteiger partial charge is 0.465 e. The lowest BCUT2D eigenvalue weighted by Gasteiger charge is -2.46. The summed E-state index contributed by atoms with van der Waals surface area (Å²) in [6.45, 7) is 11.4. The summed E-state index contributed by atoms with van der Waals surface area (Å²) in [5.74, 6) is -0.165. The minimum absolute atomic E-state index is 0.105. The number of nitrogens with one attached hydrogen (secondary N) is 2. The molecule has 1 heterocycles. The van der Waals surface area contributed by atoms with E-state index in [0.717, 1.165) is 12.8 Å². The Balaban J connectivity index is 2.46. The Bertz CT molecular complexity index is 259. The molecule has 4 nitrogen and oxygen atoms in total. The van der Waals surface area contributed by atoms with Crippen LogP contribution in [0.3, 0.4) is 0 Å². The fourth-order valence-electron chi connectivity index (χ4n) is 2.91. The molecule has 0 atom stereocenters. The summed E-state index contributed by atoms with van der Waals surface area (Å²) in [5.41, 5.74) is 0.210. The van der Waals surface area contributed by atoms with Gasteiger partial charge in [0.15, 0.2) is 0 Å². The summed E-state index contributed by atoms with van der Waals surface area (Å²) in [5, 5.41) is 6.92. The average Bonchev–Trinajstić information content (AvgIpc) is 2.10. The van der Waals surface area contributed by atoms with Crippen molar-refractivity contribution in [3.63, 3.8) is 0 Å². The van der Waals surface area contributed by atoms with Gasteiger partial charge in [-0.25, -0.2) is 0 Å². The standard InChI is InChI=1S/C13H26N2O2/c1-6-17-11(16)9-14-10-7-12(2,3)15-13(4,5)8-10/h10,14-15H,6-9H2,1-5H3. The van der Waals surface area contributed by atoms with Crippen molar-refractivity contribution in [1.82, 2.24) is 10.6 Å². The maximum atomic E-state index is 11.3. The minimum Gasteiger partial charge on any atom is -0.465 e. The molecule has 1 aliphatic heterocycles. The number of esters is 1. The Labute approximate surface area is 104 Å². The molecule has 100 valence electrons. The highest BCUT2D eigenvalue weighted by atomic mass is 16.5. The van der Waals surface area contributed by atoms with Crippen molar-refractivity contribution < 1.29 is 9.53 Å². The van der Waals surface area contributed by atoms with Crippen LogP contribution in [0.25, 0.3) is 0 Å². The lowest BCUT2D eigenvalue weighted by Crippen LogP contribution is -2.62. The Morgan fingerprint density at radius 3 is 2.29 bits per heavy atom. The molecule has 0 bridgehead atoms. The Hall–Kier alpha value is -0.610. The van der Waals surface area contributed by atoms with Crippen LogP contribution in [0.2, 0.25) is 0 Å². The molecule has 0 aromatic carbocycles. The van der Waals surface area contributed by atoms with Crippen LogP contribution in [-0.4, -0.2) is 36.2 Å². The highest BCUT2D eigenvalue weighted by Gasteiger charge is 2.37. The number of carbonyl (C=O) groups is 1. The van der Waals surface area contributed by atoms with Crippen molar-refractivity contribution >= 4 is 5.97 Å². The quantitative estimate of drug-likeness (QED) is 0.733. The van der Waals surface area contributed by atoms with Crippen LogP contribution in [0.1, 0.15) is 47.5 Å². The highest BCUT2D eigenvalue weighted by Crippen LogP contribution is 2.28. The summed E-state index contributed by atoms with van der Waals surface area (Å²) in [4.78, 5) is 11.3. The van der Waals surface area contributed by atoms with Crippen molar-refractivity contribution in [1.29, 1.82) is 0 Å². The zero-order valence-corrected chi connectivity index (χ0v) is 11.7. The number of carbonyl (C=O) groups excluding carboxylic acids is 1. The highest BCUT2D eigenvalue weighted by molar-refractivity contribution is 5.71. The van der Waals surface area contributed by atoms with E-state index in [4.69, 9.17) is 4.74 Å². The maximum absolute atomic E-state index is 11.3. The topological polar surface area (TPSA) is 50.4 Å². The summed E-state index contributed by atoms with van der Waals surface area (Å²) in [6.07, 6.45) is 2.05. The van der Waals surface area contributed by atoms with Gasteiger partial charge in [-0.1, -0.05) is 0 Å². The predicted octanol–water partition coefficient (Wildman–Crippen LogP) is 1.45. The van der Waals surface area contributed by atoms with Gasteiger partial charge in [0, 0.05) is 17.1 Å². The van der Waals surface area contributed by atoms with Gasteiger partial charge in [0.1, 0.15) is 0 Å². The van der Waals surface area contributed by atoms with E-state index in [-0.39, 0.29) is 17.0 Å². The van der Waals surface area contributed by atoms with Gasteiger partial charge >= 0.3 is 5.97 Å². The molecule has 0 amide bonds. The molecule has 0 saturated carbocycles. The summed E-state index contributed by atoms with van der Waals surface area (Å²) in [7, 11) is 0. The van der Waals surface area contributed by atoms with E-state index in [1.54, 1.807) is 0 Å². The van der Waals surface area contributed by atoms with E-state index >= 15 is 0 Å². The minimum atomic E-state index is -0.165. The number of rotatable bonds is 4. The van der Waals surface area contributed by atoms with Crippen LogP contribution in [0.15, 0.2) is 0 Å². The predicted molar refractivity (Wildman–Crippen MR) is 69.0 cm³/mol. The normalized spacial score (nSPS) is 23.4. The number of hydrogen-bond donors (Lipinski definition) is 2. The van der Waals surface area contributed by atoms with Crippen LogP contribution >= 0.6 is 0 Å². The summed E-state index contributed by atoms with van der Waals surface area (Å²) >= 11 is 0. The Morgan fingerprint density at radius 1 is 1.29 bits per heavy atom. The van der Waals surface area contributed by atoms with E-state index in [1.165, 1.54) is 0 Å². The van der Waals surface area contributed by atoms with Crippen LogP contribution in [0.4, 0.5) is 0 Å². The maximum Gasteiger partial charge on any atom is 0.319 e. The van der Waals surface area contributed by atoms with Crippen molar-refractivity contribution in [3.8, 4) is 0 Å². The van der Waals surface area contributed by atoms with Crippen LogP contribution in [0.5, 0.6) is 0 Å². The third-order valence-corrected chi connectivity index (χ3v) is 3.03. The number of hydrogen-bond acceptors (Lipinski definition) is 4.